The molecule has 1 rings (SSSR count). The SMILES string of the molecule is CCNC(=NCc1cccc(OC)c1)NCCNC(=O)C(C)(C)C. The van der Waals surface area contributed by atoms with Crippen molar-refractivity contribution in [3.63, 3.8) is 0 Å². The summed E-state index contributed by atoms with van der Waals surface area (Å²) in [5.74, 6) is 1.60. The van der Waals surface area contributed by atoms with Crippen LogP contribution in [0, 0.1) is 5.41 Å². The Kier molecular flexibility index (Phi) is 8.09. The highest BCUT2D eigenvalue weighted by Gasteiger charge is 2.20. The van der Waals surface area contributed by atoms with Crippen LogP contribution in [0.15, 0.2) is 29.3 Å². The smallest absolute Gasteiger partial charge is 0.225 e. The first-order chi connectivity index (χ1) is 11.4. The molecule has 0 atom stereocenters. The van der Waals surface area contributed by atoms with Gasteiger partial charge in [0, 0.05) is 25.0 Å². The second kappa shape index (κ2) is 9.80. The van der Waals surface area contributed by atoms with Gasteiger partial charge < -0.3 is 20.7 Å². The molecular weight excluding hydrogens is 304 g/mol. The van der Waals surface area contributed by atoms with E-state index in [4.69, 9.17) is 4.74 Å². The Balaban J connectivity index is 2.49. The van der Waals surface area contributed by atoms with E-state index in [1.165, 1.54) is 0 Å². The lowest BCUT2D eigenvalue weighted by atomic mass is 9.96. The zero-order valence-electron chi connectivity index (χ0n) is 15.4. The lowest BCUT2D eigenvalue weighted by Gasteiger charge is -2.18. The molecule has 0 saturated carbocycles. The van der Waals surface area contributed by atoms with Crippen LogP contribution < -0.4 is 20.7 Å². The van der Waals surface area contributed by atoms with Gasteiger partial charge in [0.25, 0.3) is 0 Å². The maximum Gasteiger partial charge on any atom is 0.225 e. The minimum Gasteiger partial charge on any atom is -0.497 e. The Morgan fingerprint density at radius 2 is 1.88 bits per heavy atom. The van der Waals surface area contributed by atoms with Crippen LogP contribution in [-0.2, 0) is 11.3 Å². The van der Waals surface area contributed by atoms with Crippen LogP contribution in [-0.4, -0.2) is 38.6 Å². The van der Waals surface area contributed by atoms with Gasteiger partial charge in [-0.3, -0.25) is 4.79 Å². The Morgan fingerprint density at radius 1 is 1.17 bits per heavy atom. The molecule has 0 radical (unpaired) electrons. The third kappa shape index (κ3) is 7.35. The summed E-state index contributed by atoms with van der Waals surface area (Å²) >= 11 is 0. The maximum atomic E-state index is 11.8. The van der Waals surface area contributed by atoms with E-state index in [1.54, 1.807) is 7.11 Å². The van der Waals surface area contributed by atoms with E-state index in [-0.39, 0.29) is 11.3 Å². The molecule has 0 bridgehead atoms. The molecule has 1 aromatic rings. The number of carbonyl (C=O) groups excluding carboxylic acids is 1. The first-order valence-electron chi connectivity index (χ1n) is 8.30. The van der Waals surface area contributed by atoms with Gasteiger partial charge in [-0.2, -0.15) is 0 Å². The molecule has 1 amide bonds. The fourth-order valence-electron chi connectivity index (χ4n) is 1.91. The van der Waals surface area contributed by atoms with Gasteiger partial charge in [-0.15, -0.1) is 0 Å². The highest BCUT2D eigenvalue weighted by atomic mass is 16.5. The number of rotatable bonds is 7. The summed E-state index contributed by atoms with van der Waals surface area (Å²) in [5.41, 5.74) is 0.706. The largest absolute Gasteiger partial charge is 0.497 e. The average Bonchev–Trinajstić information content (AvgIpc) is 2.55. The van der Waals surface area contributed by atoms with Crippen molar-refractivity contribution in [2.24, 2.45) is 10.4 Å². The summed E-state index contributed by atoms with van der Waals surface area (Å²) in [6.45, 7) is 10.2. The number of hydrogen-bond donors (Lipinski definition) is 3. The van der Waals surface area contributed by atoms with E-state index in [0.29, 0.717) is 19.6 Å². The predicted molar refractivity (Wildman–Crippen MR) is 98.3 cm³/mol. The minimum atomic E-state index is -0.370. The summed E-state index contributed by atoms with van der Waals surface area (Å²) in [5, 5.41) is 9.32. The highest BCUT2D eigenvalue weighted by Crippen LogP contribution is 2.13. The van der Waals surface area contributed by atoms with Crippen LogP contribution >= 0.6 is 0 Å². The van der Waals surface area contributed by atoms with Gasteiger partial charge in [0.15, 0.2) is 5.96 Å². The van der Waals surface area contributed by atoms with Gasteiger partial charge in [0.2, 0.25) is 5.91 Å². The topological polar surface area (TPSA) is 74.8 Å². The van der Waals surface area contributed by atoms with Crippen molar-refractivity contribution in [2.45, 2.75) is 34.2 Å². The average molecular weight is 334 g/mol. The number of hydrogen-bond acceptors (Lipinski definition) is 3. The molecule has 3 N–H and O–H groups in total. The predicted octanol–water partition coefficient (Wildman–Crippen LogP) is 1.91. The monoisotopic (exact) mass is 334 g/mol. The van der Waals surface area contributed by atoms with E-state index < -0.39 is 0 Å². The molecule has 134 valence electrons. The number of ether oxygens (including phenoxy) is 1. The second-order valence-electron chi connectivity index (χ2n) is 6.48. The number of methoxy groups -OCH3 is 1. The summed E-state index contributed by atoms with van der Waals surface area (Å²) in [7, 11) is 1.65. The van der Waals surface area contributed by atoms with Gasteiger partial charge in [0.1, 0.15) is 5.75 Å². The van der Waals surface area contributed by atoms with Crippen LogP contribution in [0.5, 0.6) is 5.75 Å². The van der Waals surface area contributed by atoms with E-state index in [0.717, 1.165) is 23.8 Å². The van der Waals surface area contributed by atoms with Crippen LogP contribution in [0.2, 0.25) is 0 Å². The molecule has 0 unspecified atom stereocenters. The van der Waals surface area contributed by atoms with Crippen molar-refractivity contribution in [3.05, 3.63) is 29.8 Å². The molecule has 0 aromatic heterocycles. The fourth-order valence-corrected chi connectivity index (χ4v) is 1.91. The quantitative estimate of drug-likeness (QED) is 0.404. The molecule has 1 aromatic carbocycles. The van der Waals surface area contributed by atoms with E-state index in [9.17, 15) is 4.79 Å². The molecule has 0 saturated heterocycles. The summed E-state index contributed by atoms with van der Waals surface area (Å²) in [6, 6.07) is 7.84. The van der Waals surface area contributed by atoms with Crippen molar-refractivity contribution in [3.8, 4) is 5.75 Å². The first-order valence-corrected chi connectivity index (χ1v) is 8.30. The second-order valence-corrected chi connectivity index (χ2v) is 6.48. The Bertz CT molecular complexity index is 550. The fraction of sp³-hybridized carbons (Fsp3) is 0.556. The number of benzene rings is 1. The van der Waals surface area contributed by atoms with Gasteiger partial charge >= 0.3 is 0 Å². The molecular formula is C18H30N4O2. The van der Waals surface area contributed by atoms with E-state index >= 15 is 0 Å². The van der Waals surface area contributed by atoms with Gasteiger partial charge in [0.05, 0.1) is 13.7 Å². The summed E-state index contributed by atoms with van der Waals surface area (Å²) in [6.07, 6.45) is 0. The van der Waals surface area contributed by atoms with Gasteiger partial charge in [-0.25, -0.2) is 4.99 Å². The Morgan fingerprint density at radius 3 is 2.50 bits per heavy atom. The van der Waals surface area contributed by atoms with Crippen LogP contribution in [0.4, 0.5) is 0 Å². The number of nitrogens with one attached hydrogen (secondary N) is 3. The van der Waals surface area contributed by atoms with Crippen molar-refractivity contribution in [2.75, 3.05) is 26.7 Å². The minimum absolute atomic E-state index is 0.0441. The van der Waals surface area contributed by atoms with E-state index in [1.807, 2.05) is 52.0 Å². The van der Waals surface area contributed by atoms with E-state index in [2.05, 4.69) is 20.9 Å². The summed E-state index contributed by atoms with van der Waals surface area (Å²) < 4.78 is 5.22. The van der Waals surface area contributed by atoms with Crippen LogP contribution in [0.25, 0.3) is 0 Å². The van der Waals surface area contributed by atoms with Crippen molar-refractivity contribution >= 4 is 11.9 Å². The number of aliphatic imine (C=N–C) groups is 1. The molecule has 0 heterocycles. The number of guanidine groups is 1. The Labute approximate surface area is 145 Å². The normalized spacial score (nSPS) is 11.8. The number of carbonyl (C=O) groups is 1. The van der Waals surface area contributed by atoms with Crippen LogP contribution in [0.3, 0.4) is 0 Å². The third-order valence-electron chi connectivity index (χ3n) is 3.28. The lowest BCUT2D eigenvalue weighted by Crippen LogP contribution is -2.43. The summed E-state index contributed by atoms with van der Waals surface area (Å²) in [4.78, 5) is 16.4. The maximum absolute atomic E-state index is 11.8. The first kappa shape index (κ1) is 19.8. The molecule has 0 aliphatic rings. The lowest BCUT2D eigenvalue weighted by molar-refractivity contribution is -0.128. The highest BCUT2D eigenvalue weighted by molar-refractivity contribution is 5.81. The molecule has 24 heavy (non-hydrogen) atoms. The standard InChI is InChI=1S/C18H30N4O2/c1-6-19-17(21-11-10-20-16(23)18(2,3)4)22-13-14-8-7-9-15(12-14)24-5/h7-9,12H,6,10-11,13H2,1-5H3,(H,20,23)(H2,19,21,22). The molecule has 0 aliphatic heterocycles. The molecule has 0 aliphatic carbocycles. The van der Waals surface area contributed by atoms with Crippen molar-refractivity contribution in [1.82, 2.24) is 16.0 Å². The zero-order chi connectivity index (χ0) is 18.0. The molecule has 6 heteroatoms. The van der Waals surface area contributed by atoms with Gasteiger partial charge in [-0.1, -0.05) is 32.9 Å². The van der Waals surface area contributed by atoms with Crippen molar-refractivity contribution < 1.29 is 9.53 Å². The molecule has 6 nitrogen and oxygen atoms in total. The zero-order valence-corrected chi connectivity index (χ0v) is 15.4. The molecule has 0 fully saturated rings. The van der Waals surface area contributed by atoms with Crippen molar-refractivity contribution in [1.29, 1.82) is 0 Å². The third-order valence-corrected chi connectivity index (χ3v) is 3.28. The molecule has 0 spiro atoms. The number of nitrogens with zero attached hydrogens (tertiary/aromatic N) is 1. The Hall–Kier alpha value is -2.24. The van der Waals surface area contributed by atoms with Gasteiger partial charge in [-0.05, 0) is 24.6 Å². The van der Waals surface area contributed by atoms with Crippen LogP contribution in [0.1, 0.15) is 33.3 Å². The number of amides is 1.